The number of hydrogen-bond acceptors (Lipinski definition) is 9. The second-order valence-electron chi connectivity index (χ2n) is 13.2. The maximum atomic E-state index is 13.5. The zero-order valence-electron chi connectivity index (χ0n) is 28.3. The van der Waals surface area contributed by atoms with E-state index in [1.807, 2.05) is 13.8 Å². The molecule has 3 rings (SSSR count). The van der Waals surface area contributed by atoms with Crippen LogP contribution in [0.2, 0.25) is 5.02 Å². The maximum Gasteiger partial charge on any atom is 0.347 e. The molecule has 4 N–H and O–H groups in total. The van der Waals surface area contributed by atoms with Gasteiger partial charge >= 0.3 is 11.9 Å². The van der Waals surface area contributed by atoms with Crippen LogP contribution >= 0.6 is 11.6 Å². The van der Waals surface area contributed by atoms with Crippen molar-refractivity contribution in [2.75, 3.05) is 13.7 Å². The van der Waals surface area contributed by atoms with Gasteiger partial charge in [-0.15, -0.1) is 0 Å². The van der Waals surface area contributed by atoms with Crippen LogP contribution in [0.5, 0.6) is 5.75 Å². The first-order valence-electron chi connectivity index (χ1n) is 16.0. The van der Waals surface area contributed by atoms with Crippen molar-refractivity contribution >= 4 is 35.4 Å². The van der Waals surface area contributed by atoms with Crippen molar-refractivity contribution in [1.29, 1.82) is 0 Å². The van der Waals surface area contributed by atoms with Gasteiger partial charge in [-0.3, -0.25) is 14.4 Å². The number of esters is 2. The highest BCUT2D eigenvalue weighted by atomic mass is 35.5. The number of rotatable bonds is 9. The summed E-state index contributed by atoms with van der Waals surface area (Å²) in [6.07, 6.45) is -2.05. The van der Waals surface area contributed by atoms with Crippen molar-refractivity contribution in [2.24, 2.45) is 17.3 Å². The molecule has 1 aliphatic heterocycles. The smallest absolute Gasteiger partial charge is 0.347 e. The molecule has 262 valence electrons. The average molecular weight is 687 g/mol. The van der Waals surface area contributed by atoms with Gasteiger partial charge in [0.2, 0.25) is 11.8 Å². The van der Waals surface area contributed by atoms with Crippen LogP contribution in [0.25, 0.3) is 0 Å². The first-order chi connectivity index (χ1) is 22.6. The van der Waals surface area contributed by atoms with Gasteiger partial charge in [0.05, 0.1) is 23.7 Å². The van der Waals surface area contributed by atoms with Gasteiger partial charge in [0, 0.05) is 25.3 Å². The lowest BCUT2D eigenvalue weighted by atomic mass is 9.89. The zero-order chi connectivity index (χ0) is 35.6. The topological polar surface area (TPSA) is 160 Å². The van der Waals surface area contributed by atoms with Gasteiger partial charge in [-0.05, 0) is 55.5 Å². The lowest BCUT2D eigenvalue weighted by molar-refractivity contribution is -0.181. The molecule has 1 aliphatic rings. The molecule has 0 radical (unpaired) electrons. The Hall–Kier alpha value is -3.93. The highest BCUT2D eigenvalue weighted by Gasteiger charge is 2.38. The van der Waals surface area contributed by atoms with Crippen LogP contribution in [-0.2, 0) is 35.1 Å². The predicted molar refractivity (Wildman–Crippen MR) is 180 cm³/mol. The molecule has 0 fully saturated rings. The number of benzene rings is 2. The number of ether oxygens (including phenoxy) is 3. The first kappa shape index (κ1) is 38.5. The Bertz CT molecular complexity index is 1450. The van der Waals surface area contributed by atoms with Crippen molar-refractivity contribution < 1.29 is 43.6 Å². The molecule has 2 unspecified atom stereocenters. The zero-order valence-corrected chi connectivity index (χ0v) is 29.0. The Balaban J connectivity index is 1.96. The van der Waals surface area contributed by atoms with Crippen molar-refractivity contribution in [3.63, 3.8) is 0 Å². The van der Waals surface area contributed by atoms with E-state index in [0.717, 1.165) is 0 Å². The summed E-state index contributed by atoms with van der Waals surface area (Å²) < 4.78 is 16.8. The van der Waals surface area contributed by atoms with Gasteiger partial charge in [0.15, 0.2) is 6.10 Å². The summed E-state index contributed by atoms with van der Waals surface area (Å²) in [5.74, 6) is -3.11. The molecule has 6 atom stereocenters. The van der Waals surface area contributed by atoms with Gasteiger partial charge in [0.1, 0.15) is 24.0 Å². The third-order valence-corrected chi connectivity index (χ3v) is 8.53. The monoisotopic (exact) mass is 686 g/mol. The SMILES string of the molecule is COc1ccc(C[C@H]2NC(=O)/C=C/C[C@@H]([C@H](C)C(O)C(O)c3ccccc3)OC(=O)[C@H](CC(C)C)OC(=O)C(C)(C)CNC2=O)cc1Cl. The fraction of sp³-hybridized carbons (Fsp3) is 0.500. The number of amides is 2. The number of carbonyl (C=O) groups is 4. The number of aliphatic hydroxyl groups excluding tert-OH is 2. The Labute approximate surface area is 287 Å². The van der Waals surface area contributed by atoms with Gasteiger partial charge in [-0.2, -0.15) is 0 Å². The molecule has 2 aromatic carbocycles. The van der Waals surface area contributed by atoms with Crippen LogP contribution in [0.4, 0.5) is 0 Å². The van der Waals surface area contributed by atoms with Crippen LogP contribution in [0.3, 0.4) is 0 Å². The van der Waals surface area contributed by atoms with E-state index < -0.39 is 65.5 Å². The van der Waals surface area contributed by atoms with Gasteiger partial charge < -0.3 is 35.1 Å². The number of carbonyl (C=O) groups excluding carboxylic acids is 4. The summed E-state index contributed by atoms with van der Waals surface area (Å²) >= 11 is 6.30. The molecule has 0 aliphatic carbocycles. The summed E-state index contributed by atoms with van der Waals surface area (Å²) in [6, 6.07) is 12.6. The summed E-state index contributed by atoms with van der Waals surface area (Å²) in [6.45, 7) is 8.34. The normalized spacial score (nSPS) is 23.6. The third-order valence-electron chi connectivity index (χ3n) is 8.24. The number of aliphatic hydroxyl groups is 2. The number of nitrogens with one attached hydrogen (secondary N) is 2. The number of halogens is 1. The third kappa shape index (κ3) is 10.8. The van der Waals surface area contributed by atoms with E-state index in [9.17, 15) is 29.4 Å². The predicted octanol–water partition coefficient (Wildman–Crippen LogP) is 4.08. The molecule has 12 heteroatoms. The molecule has 0 bridgehead atoms. The van der Waals surface area contributed by atoms with Crippen molar-refractivity contribution in [3.8, 4) is 5.75 Å². The van der Waals surface area contributed by atoms with Crippen molar-refractivity contribution in [3.05, 3.63) is 76.8 Å². The highest BCUT2D eigenvalue weighted by Crippen LogP contribution is 2.29. The molecular weight excluding hydrogens is 640 g/mol. The number of cyclic esters (lactones) is 2. The van der Waals surface area contributed by atoms with E-state index in [1.54, 1.807) is 69.3 Å². The number of hydrogen-bond donors (Lipinski definition) is 4. The lowest BCUT2D eigenvalue weighted by Crippen LogP contribution is -2.51. The van der Waals surface area contributed by atoms with Crippen LogP contribution in [0, 0.1) is 17.3 Å². The summed E-state index contributed by atoms with van der Waals surface area (Å²) in [7, 11) is 1.49. The Kier molecular flexibility index (Phi) is 14.0. The molecule has 0 aromatic heterocycles. The minimum Gasteiger partial charge on any atom is -0.495 e. The largest absolute Gasteiger partial charge is 0.495 e. The van der Waals surface area contributed by atoms with E-state index in [4.69, 9.17) is 25.8 Å². The van der Waals surface area contributed by atoms with E-state index >= 15 is 0 Å². The van der Waals surface area contributed by atoms with E-state index in [2.05, 4.69) is 10.6 Å². The second-order valence-corrected chi connectivity index (χ2v) is 13.6. The molecule has 2 amide bonds. The average Bonchev–Trinajstić information content (AvgIpc) is 3.04. The molecule has 48 heavy (non-hydrogen) atoms. The van der Waals surface area contributed by atoms with E-state index in [1.165, 1.54) is 19.3 Å². The summed E-state index contributed by atoms with van der Waals surface area (Å²) in [5, 5.41) is 27.9. The summed E-state index contributed by atoms with van der Waals surface area (Å²) in [4.78, 5) is 53.5. The van der Waals surface area contributed by atoms with Gasteiger partial charge in [-0.1, -0.05) is 74.8 Å². The molecule has 0 saturated carbocycles. The lowest BCUT2D eigenvalue weighted by Gasteiger charge is -2.32. The second kappa shape index (κ2) is 17.5. The standard InChI is InChI=1S/C36H47ClN2O9/c1-21(2)17-29-34(44)47-27(22(3)31(41)32(42)24-11-8-7-9-12-24)13-10-14-30(40)39-26(19-23-15-16-28(46-6)25(37)18-23)33(43)38-20-36(4,5)35(45)48-29/h7-12,14-16,18,21-22,26-27,29,31-32,41-42H,13,17,19-20H2,1-6H3,(H,38,43)(H,39,40)/b14-10+/t22-,26+,27-,29-,31?,32?/m0/s1. The first-order valence-corrected chi connectivity index (χ1v) is 16.4. The van der Waals surface area contributed by atoms with Crippen LogP contribution < -0.4 is 15.4 Å². The minimum absolute atomic E-state index is 0.0301. The van der Waals surface area contributed by atoms with Crippen molar-refractivity contribution in [2.45, 2.75) is 84.3 Å². The fourth-order valence-electron chi connectivity index (χ4n) is 5.17. The molecule has 1 heterocycles. The molecule has 0 spiro atoms. The Morgan fingerprint density at radius 3 is 2.33 bits per heavy atom. The van der Waals surface area contributed by atoms with Crippen LogP contribution in [-0.4, -0.2) is 72.0 Å². The molecular formula is C36H47ClN2O9. The molecule has 2 aromatic rings. The van der Waals surface area contributed by atoms with Crippen molar-refractivity contribution in [1.82, 2.24) is 10.6 Å². The molecule has 0 saturated heterocycles. The Morgan fingerprint density at radius 1 is 1.02 bits per heavy atom. The van der Waals surface area contributed by atoms with E-state index in [-0.39, 0.29) is 31.7 Å². The fourth-order valence-corrected chi connectivity index (χ4v) is 5.45. The van der Waals surface area contributed by atoms with Gasteiger partial charge in [0.25, 0.3) is 0 Å². The maximum absolute atomic E-state index is 13.5. The minimum atomic E-state index is -1.35. The summed E-state index contributed by atoms with van der Waals surface area (Å²) in [5.41, 5.74) is -0.132. The van der Waals surface area contributed by atoms with Crippen LogP contribution in [0.1, 0.15) is 64.7 Å². The highest BCUT2D eigenvalue weighted by molar-refractivity contribution is 6.32. The van der Waals surface area contributed by atoms with Crippen LogP contribution in [0.15, 0.2) is 60.7 Å². The van der Waals surface area contributed by atoms with Gasteiger partial charge in [-0.25, -0.2) is 4.79 Å². The Morgan fingerprint density at radius 2 is 1.71 bits per heavy atom. The molecule has 11 nitrogen and oxygen atoms in total. The van der Waals surface area contributed by atoms with E-state index in [0.29, 0.717) is 21.9 Å². The number of methoxy groups -OCH3 is 1. The quantitative estimate of drug-likeness (QED) is 0.285.